The van der Waals surface area contributed by atoms with Gasteiger partial charge in [0.1, 0.15) is 5.69 Å². The molecule has 0 radical (unpaired) electrons. The standard InChI is InChI=1S/C15H27N3O/c1-6-12(7-2)10-16-15(19)14-9-13(11(4)5)17-18(14)8-3/h9,11-12H,6-8,10H2,1-5H3,(H,16,19). The zero-order chi connectivity index (χ0) is 14.4. The minimum atomic E-state index is -0.00634. The lowest BCUT2D eigenvalue weighted by Crippen LogP contribution is -2.30. The van der Waals surface area contributed by atoms with Crippen molar-refractivity contribution in [2.24, 2.45) is 5.92 Å². The number of amides is 1. The smallest absolute Gasteiger partial charge is 0.269 e. The molecule has 1 aromatic rings. The van der Waals surface area contributed by atoms with Gasteiger partial charge in [0, 0.05) is 13.1 Å². The van der Waals surface area contributed by atoms with Crippen LogP contribution in [-0.2, 0) is 6.54 Å². The van der Waals surface area contributed by atoms with Gasteiger partial charge in [0.25, 0.3) is 5.91 Å². The summed E-state index contributed by atoms with van der Waals surface area (Å²) in [5, 5.41) is 7.50. The maximum atomic E-state index is 12.2. The van der Waals surface area contributed by atoms with E-state index in [0.717, 1.165) is 31.6 Å². The van der Waals surface area contributed by atoms with Crippen molar-refractivity contribution in [3.05, 3.63) is 17.5 Å². The van der Waals surface area contributed by atoms with Gasteiger partial charge < -0.3 is 5.32 Å². The molecule has 0 saturated heterocycles. The molecule has 0 aliphatic heterocycles. The molecular formula is C15H27N3O. The second-order valence-electron chi connectivity index (χ2n) is 5.32. The third kappa shape index (κ3) is 4.08. The molecule has 19 heavy (non-hydrogen) atoms. The maximum absolute atomic E-state index is 12.2. The Hall–Kier alpha value is -1.32. The van der Waals surface area contributed by atoms with Crippen LogP contribution in [0.3, 0.4) is 0 Å². The molecule has 1 N–H and O–H groups in total. The summed E-state index contributed by atoms with van der Waals surface area (Å²) < 4.78 is 1.79. The third-order valence-electron chi connectivity index (χ3n) is 3.63. The van der Waals surface area contributed by atoms with E-state index in [4.69, 9.17) is 0 Å². The van der Waals surface area contributed by atoms with Gasteiger partial charge in [-0.1, -0.05) is 40.5 Å². The monoisotopic (exact) mass is 265 g/mol. The molecule has 1 aromatic heterocycles. The highest BCUT2D eigenvalue weighted by Crippen LogP contribution is 2.15. The van der Waals surface area contributed by atoms with Gasteiger partial charge in [0.05, 0.1) is 5.69 Å². The van der Waals surface area contributed by atoms with Crippen molar-refractivity contribution >= 4 is 5.91 Å². The average molecular weight is 265 g/mol. The lowest BCUT2D eigenvalue weighted by atomic mass is 10.0. The molecule has 0 aliphatic rings. The van der Waals surface area contributed by atoms with E-state index in [9.17, 15) is 4.79 Å². The number of aryl methyl sites for hydroxylation is 1. The lowest BCUT2D eigenvalue weighted by Gasteiger charge is -2.13. The normalized spacial score (nSPS) is 11.3. The molecule has 4 heteroatoms. The summed E-state index contributed by atoms with van der Waals surface area (Å²) in [6, 6.07) is 1.91. The van der Waals surface area contributed by atoms with E-state index >= 15 is 0 Å². The number of hydrogen-bond donors (Lipinski definition) is 1. The Balaban J connectivity index is 2.75. The molecule has 1 amide bonds. The van der Waals surface area contributed by atoms with Gasteiger partial charge in [-0.2, -0.15) is 5.10 Å². The fraction of sp³-hybridized carbons (Fsp3) is 0.733. The second kappa shape index (κ2) is 7.31. The molecule has 1 heterocycles. The molecule has 0 atom stereocenters. The minimum Gasteiger partial charge on any atom is -0.350 e. The quantitative estimate of drug-likeness (QED) is 0.823. The number of nitrogens with zero attached hydrogens (tertiary/aromatic N) is 2. The number of aromatic nitrogens is 2. The van der Waals surface area contributed by atoms with Crippen LogP contribution in [0.25, 0.3) is 0 Å². The fourth-order valence-corrected chi connectivity index (χ4v) is 2.05. The number of nitrogens with one attached hydrogen (secondary N) is 1. The van der Waals surface area contributed by atoms with Crippen LogP contribution in [0.5, 0.6) is 0 Å². The molecule has 0 bridgehead atoms. The Kier molecular flexibility index (Phi) is 6.06. The zero-order valence-corrected chi connectivity index (χ0v) is 12.9. The zero-order valence-electron chi connectivity index (χ0n) is 12.9. The van der Waals surface area contributed by atoms with Crippen molar-refractivity contribution in [3.8, 4) is 0 Å². The molecule has 0 aliphatic carbocycles. The lowest BCUT2D eigenvalue weighted by molar-refractivity contribution is 0.0935. The van der Waals surface area contributed by atoms with Gasteiger partial charge in [0.2, 0.25) is 0 Å². The van der Waals surface area contributed by atoms with E-state index in [2.05, 4.69) is 38.1 Å². The van der Waals surface area contributed by atoms with Gasteiger partial charge in [-0.15, -0.1) is 0 Å². The molecule has 0 spiro atoms. The molecule has 108 valence electrons. The van der Waals surface area contributed by atoms with Gasteiger partial charge in [-0.3, -0.25) is 9.48 Å². The van der Waals surface area contributed by atoms with Crippen LogP contribution in [0.15, 0.2) is 6.07 Å². The van der Waals surface area contributed by atoms with Crippen LogP contribution in [0.1, 0.15) is 69.6 Å². The molecule has 0 fully saturated rings. The Morgan fingerprint density at radius 1 is 1.32 bits per heavy atom. The van der Waals surface area contributed by atoms with Gasteiger partial charge >= 0.3 is 0 Å². The van der Waals surface area contributed by atoms with E-state index in [-0.39, 0.29) is 5.91 Å². The number of carbonyl (C=O) groups is 1. The Labute approximate surface area is 116 Å². The van der Waals surface area contributed by atoms with Crippen LogP contribution in [-0.4, -0.2) is 22.2 Å². The molecule has 1 rings (SSSR count). The van der Waals surface area contributed by atoms with Crippen LogP contribution in [0.4, 0.5) is 0 Å². The Morgan fingerprint density at radius 2 is 1.95 bits per heavy atom. The molecule has 4 nitrogen and oxygen atoms in total. The van der Waals surface area contributed by atoms with Gasteiger partial charge in [0.15, 0.2) is 0 Å². The van der Waals surface area contributed by atoms with Crippen molar-refractivity contribution in [1.82, 2.24) is 15.1 Å². The first-order chi connectivity index (χ1) is 9.03. The highest BCUT2D eigenvalue weighted by molar-refractivity contribution is 5.92. The predicted molar refractivity (Wildman–Crippen MR) is 78.4 cm³/mol. The van der Waals surface area contributed by atoms with Crippen LogP contribution in [0, 0.1) is 5.92 Å². The summed E-state index contributed by atoms with van der Waals surface area (Å²) in [6.07, 6.45) is 2.20. The summed E-state index contributed by atoms with van der Waals surface area (Å²) in [7, 11) is 0. The number of hydrogen-bond acceptors (Lipinski definition) is 2. The van der Waals surface area contributed by atoms with Crippen molar-refractivity contribution in [3.63, 3.8) is 0 Å². The minimum absolute atomic E-state index is 0.00634. The number of carbonyl (C=O) groups excluding carboxylic acids is 1. The summed E-state index contributed by atoms with van der Waals surface area (Å²) in [5.74, 6) is 0.901. The van der Waals surface area contributed by atoms with Gasteiger partial charge in [-0.25, -0.2) is 0 Å². The largest absolute Gasteiger partial charge is 0.350 e. The first-order valence-electron chi connectivity index (χ1n) is 7.39. The fourth-order valence-electron chi connectivity index (χ4n) is 2.05. The molecule has 0 saturated carbocycles. The Morgan fingerprint density at radius 3 is 2.42 bits per heavy atom. The van der Waals surface area contributed by atoms with Crippen LogP contribution >= 0.6 is 0 Å². The van der Waals surface area contributed by atoms with E-state index in [1.54, 1.807) is 4.68 Å². The first-order valence-corrected chi connectivity index (χ1v) is 7.39. The van der Waals surface area contributed by atoms with E-state index in [0.29, 0.717) is 17.5 Å². The molecular weight excluding hydrogens is 238 g/mol. The Bertz CT molecular complexity index is 406. The average Bonchev–Trinajstić information content (AvgIpc) is 2.84. The highest BCUT2D eigenvalue weighted by Gasteiger charge is 2.16. The van der Waals surface area contributed by atoms with Crippen molar-refractivity contribution in [2.75, 3.05) is 6.54 Å². The van der Waals surface area contributed by atoms with Crippen molar-refractivity contribution in [2.45, 2.75) is 59.9 Å². The van der Waals surface area contributed by atoms with E-state index < -0.39 is 0 Å². The summed E-state index contributed by atoms with van der Waals surface area (Å²) in [5.41, 5.74) is 1.66. The summed E-state index contributed by atoms with van der Waals surface area (Å²) in [4.78, 5) is 12.2. The van der Waals surface area contributed by atoms with Gasteiger partial charge in [-0.05, 0) is 24.8 Å². The maximum Gasteiger partial charge on any atom is 0.269 e. The van der Waals surface area contributed by atoms with Crippen LogP contribution in [0.2, 0.25) is 0 Å². The molecule has 0 aromatic carbocycles. The summed E-state index contributed by atoms with van der Waals surface area (Å²) in [6.45, 7) is 12.0. The highest BCUT2D eigenvalue weighted by atomic mass is 16.2. The van der Waals surface area contributed by atoms with E-state index in [1.165, 1.54) is 0 Å². The second-order valence-corrected chi connectivity index (χ2v) is 5.32. The number of rotatable bonds is 7. The SMILES string of the molecule is CCC(CC)CNC(=O)c1cc(C(C)C)nn1CC. The first kappa shape index (κ1) is 15.7. The summed E-state index contributed by atoms with van der Waals surface area (Å²) >= 11 is 0. The predicted octanol–water partition coefficient (Wildman–Crippen LogP) is 3.19. The van der Waals surface area contributed by atoms with Crippen molar-refractivity contribution in [1.29, 1.82) is 0 Å². The van der Waals surface area contributed by atoms with E-state index in [1.807, 2.05) is 13.0 Å². The molecule has 0 unspecified atom stereocenters. The topological polar surface area (TPSA) is 46.9 Å². The third-order valence-corrected chi connectivity index (χ3v) is 3.63. The van der Waals surface area contributed by atoms with Crippen molar-refractivity contribution < 1.29 is 4.79 Å². The van der Waals surface area contributed by atoms with Crippen LogP contribution < -0.4 is 5.32 Å².